The Hall–Kier alpha value is -1.06. The van der Waals surface area contributed by atoms with E-state index < -0.39 is 12.2 Å². The van der Waals surface area contributed by atoms with E-state index in [9.17, 15) is 10.2 Å². The Morgan fingerprint density at radius 3 is 2.17 bits per heavy atom. The van der Waals surface area contributed by atoms with Gasteiger partial charge in [-0.3, -0.25) is 0 Å². The summed E-state index contributed by atoms with van der Waals surface area (Å²) in [7, 11) is 0. The number of hydrogen-bond donors (Lipinski definition) is 2. The highest BCUT2D eigenvalue weighted by Crippen LogP contribution is 2.27. The lowest BCUT2D eigenvalue weighted by atomic mass is 9.89. The van der Waals surface area contributed by atoms with Crippen molar-refractivity contribution in [2.75, 3.05) is 6.61 Å². The lowest BCUT2D eigenvalue weighted by Gasteiger charge is -2.21. The Morgan fingerprint density at radius 2 is 1.72 bits per heavy atom. The van der Waals surface area contributed by atoms with E-state index in [1.54, 1.807) is 6.92 Å². The average Bonchev–Trinajstić information content (AvgIpc) is 2.37. The van der Waals surface area contributed by atoms with Gasteiger partial charge in [0.2, 0.25) is 0 Å². The van der Waals surface area contributed by atoms with Gasteiger partial charge in [-0.2, -0.15) is 0 Å². The van der Waals surface area contributed by atoms with Crippen LogP contribution in [0.4, 0.5) is 0 Å². The fraction of sp³-hybridized carbons (Fsp3) is 0.600. The first-order valence-electron chi connectivity index (χ1n) is 6.67. The summed E-state index contributed by atoms with van der Waals surface area (Å²) in [6, 6.07) is 7.98. The minimum absolute atomic E-state index is 0.269. The Morgan fingerprint density at radius 1 is 1.11 bits per heavy atom. The Labute approximate surface area is 109 Å². The molecule has 0 aliphatic carbocycles. The number of ether oxygens (including phenoxy) is 1. The molecule has 0 aliphatic heterocycles. The molecule has 102 valence electrons. The second-order valence-electron chi connectivity index (χ2n) is 4.65. The predicted octanol–water partition coefficient (Wildman–Crippen LogP) is 2.71. The average molecular weight is 252 g/mol. The van der Waals surface area contributed by atoms with Crippen molar-refractivity contribution in [3.8, 4) is 5.75 Å². The van der Waals surface area contributed by atoms with Crippen LogP contribution in [0.5, 0.6) is 5.75 Å². The summed E-state index contributed by atoms with van der Waals surface area (Å²) in [5.74, 6) is 1.14. The van der Waals surface area contributed by atoms with E-state index in [0.29, 0.717) is 13.0 Å². The molecule has 2 N–H and O–H groups in total. The molecule has 18 heavy (non-hydrogen) atoms. The standard InChI is InChI=1S/C15H24O3/c1-4-12(10-15(17)11(3)16)13-6-8-14(9-7-13)18-5-2/h6-9,11-12,15-17H,4-5,10H2,1-3H3. The van der Waals surface area contributed by atoms with Gasteiger partial charge in [0.1, 0.15) is 5.75 Å². The highest BCUT2D eigenvalue weighted by Gasteiger charge is 2.18. The summed E-state index contributed by atoms with van der Waals surface area (Å²) in [5.41, 5.74) is 1.18. The van der Waals surface area contributed by atoms with Crippen LogP contribution in [0.3, 0.4) is 0 Å². The normalized spacial score (nSPS) is 16.1. The first-order chi connectivity index (χ1) is 8.58. The van der Waals surface area contributed by atoms with Crippen LogP contribution in [-0.2, 0) is 0 Å². The molecule has 3 atom stereocenters. The quantitative estimate of drug-likeness (QED) is 0.784. The van der Waals surface area contributed by atoms with Crippen molar-refractivity contribution in [1.82, 2.24) is 0 Å². The van der Waals surface area contributed by atoms with E-state index in [1.807, 2.05) is 31.2 Å². The zero-order valence-corrected chi connectivity index (χ0v) is 11.5. The smallest absolute Gasteiger partial charge is 0.119 e. The number of rotatable bonds is 7. The van der Waals surface area contributed by atoms with Crippen LogP contribution in [0.2, 0.25) is 0 Å². The van der Waals surface area contributed by atoms with Crippen molar-refractivity contribution in [2.45, 2.75) is 51.7 Å². The molecular formula is C15H24O3. The van der Waals surface area contributed by atoms with E-state index in [2.05, 4.69) is 6.92 Å². The highest BCUT2D eigenvalue weighted by molar-refractivity contribution is 5.29. The van der Waals surface area contributed by atoms with Crippen LogP contribution in [-0.4, -0.2) is 29.0 Å². The topological polar surface area (TPSA) is 49.7 Å². The first-order valence-corrected chi connectivity index (χ1v) is 6.67. The minimum Gasteiger partial charge on any atom is -0.494 e. The van der Waals surface area contributed by atoms with Crippen molar-refractivity contribution in [3.05, 3.63) is 29.8 Å². The summed E-state index contributed by atoms with van der Waals surface area (Å²) >= 11 is 0. The number of benzene rings is 1. The molecule has 0 saturated heterocycles. The van der Waals surface area contributed by atoms with Crippen molar-refractivity contribution >= 4 is 0 Å². The van der Waals surface area contributed by atoms with Gasteiger partial charge in [-0.25, -0.2) is 0 Å². The molecule has 0 radical (unpaired) electrons. The molecule has 3 unspecified atom stereocenters. The molecule has 1 rings (SSSR count). The second-order valence-corrected chi connectivity index (χ2v) is 4.65. The van der Waals surface area contributed by atoms with E-state index in [1.165, 1.54) is 5.56 Å². The highest BCUT2D eigenvalue weighted by atomic mass is 16.5. The van der Waals surface area contributed by atoms with Crippen LogP contribution in [0.15, 0.2) is 24.3 Å². The maximum absolute atomic E-state index is 9.75. The summed E-state index contributed by atoms with van der Waals surface area (Å²) < 4.78 is 5.40. The molecule has 0 aromatic heterocycles. The molecule has 0 bridgehead atoms. The molecular weight excluding hydrogens is 228 g/mol. The lowest BCUT2D eigenvalue weighted by Crippen LogP contribution is -2.24. The summed E-state index contributed by atoms with van der Waals surface area (Å²) in [4.78, 5) is 0. The van der Waals surface area contributed by atoms with Gasteiger partial charge < -0.3 is 14.9 Å². The molecule has 0 fully saturated rings. The van der Waals surface area contributed by atoms with Gasteiger partial charge in [0.25, 0.3) is 0 Å². The van der Waals surface area contributed by atoms with Crippen LogP contribution >= 0.6 is 0 Å². The summed E-state index contributed by atoms with van der Waals surface area (Å²) in [6.45, 7) is 6.34. The van der Waals surface area contributed by atoms with Gasteiger partial charge in [0, 0.05) is 0 Å². The van der Waals surface area contributed by atoms with Crippen molar-refractivity contribution in [3.63, 3.8) is 0 Å². The zero-order chi connectivity index (χ0) is 13.5. The lowest BCUT2D eigenvalue weighted by molar-refractivity contribution is 0.0215. The van der Waals surface area contributed by atoms with Gasteiger partial charge in [0.15, 0.2) is 0 Å². The molecule has 0 spiro atoms. The van der Waals surface area contributed by atoms with Crippen molar-refractivity contribution in [2.24, 2.45) is 0 Å². The first kappa shape index (κ1) is 15.0. The van der Waals surface area contributed by atoms with Crippen LogP contribution in [0, 0.1) is 0 Å². The predicted molar refractivity (Wildman–Crippen MR) is 72.9 cm³/mol. The molecule has 3 nitrogen and oxygen atoms in total. The zero-order valence-electron chi connectivity index (χ0n) is 11.5. The monoisotopic (exact) mass is 252 g/mol. The third-order valence-electron chi connectivity index (χ3n) is 3.24. The number of hydrogen-bond acceptors (Lipinski definition) is 3. The van der Waals surface area contributed by atoms with Crippen LogP contribution in [0.25, 0.3) is 0 Å². The largest absolute Gasteiger partial charge is 0.494 e. The molecule has 0 aliphatic rings. The van der Waals surface area contributed by atoms with Crippen molar-refractivity contribution < 1.29 is 14.9 Å². The summed E-state index contributed by atoms with van der Waals surface area (Å²) in [5, 5.41) is 19.1. The maximum Gasteiger partial charge on any atom is 0.119 e. The van der Waals surface area contributed by atoms with Crippen molar-refractivity contribution in [1.29, 1.82) is 0 Å². The summed E-state index contributed by atoms with van der Waals surface area (Å²) in [6.07, 6.45) is 0.183. The maximum atomic E-state index is 9.75. The van der Waals surface area contributed by atoms with Gasteiger partial charge in [0.05, 0.1) is 18.8 Å². The number of aliphatic hydroxyl groups is 2. The van der Waals surface area contributed by atoms with E-state index in [-0.39, 0.29) is 5.92 Å². The van der Waals surface area contributed by atoms with Gasteiger partial charge in [-0.1, -0.05) is 19.1 Å². The van der Waals surface area contributed by atoms with E-state index in [0.717, 1.165) is 12.2 Å². The molecule has 0 saturated carbocycles. The third kappa shape index (κ3) is 4.31. The molecule has 1 aromatic rings. The fourth-order valence-electron chi connectivity index (χ4n) is 2.03. The third-order valence-corrected chi connectivity index (χ3v) is 3.24. The Kier molecular flexibility index (Phi) is 6.16. The van der Waals surface area contributed by atoms with Gasteiger partial charge in [-0.15, -0.1) is 0 Å². The van der Waals surface area contributed by atoms with Crippen LogP contribution in [0.1, 0.15) is 45.1 Å². The molecule has 0 heterocycles. The fourth-order valence-corrected chi connectivity index (χ4v) is 2.03. The Balaban J connectivity index is 2.69. The van der Waals surface area contributed by atoms with E-state index >= 15 is 0 Å². The second kappa shape index (κ2) is 7.39. The Bertz CT molecular complexity index is 332. The van der Waals surface area contributed by atoms with Gasteiger partial charge in [-0.05, 0) is 50.3 Å². The number of aliphatic hydroxyl groups excluding tert-OH is 2. The minimum atomic E-state index is -0.679. The molecule has 0 amide bonds. The SMILES string of the molecule is CCOc1ccc(C(CC)CC(O)C(C)O)cc1. The molecule has 1 aromatic carbocycles. The van der Waals surface area contributed by atoms with E-state index in [4.69, 9.17) is 4.74 Å². The molecule has 3 heteroatoms. The van der Waals surface area contributed by atoms with Crippen LogP contribution < -0.4 is 4.74 Å². The van der Waals surface area contributed by atoms with Gasteiger partial charge >= 0.3 is 0 Å².